The third kappa shape index (κ3) is 2.55. The van der Waals surface area contributed by atoms with E-state index in [9.17, 15) is 4.79 Å². The number of hydrogen-bond donors (Lipinski definition) is 1. The zero-order valence-electron chi connectivity index (χ0n) is 15.6. The standard InChI is InChI=1S/C21H23N3O3/c1-14-7-8-20(26-14)17-13-18-16-5-3-4-6-19(16)27-21(24(18)22-17)9-11-23(12-10-21)15(2)25/h3-8,13,18,22H,9-12H2,1-2H3/t18-/m1/s1. The van der Waals surface area contributed by atoms with Gasteiger partial charge >= 0.3 is 0 Å². The number of likely N-dealkylation sites (tertiary alicyclic amines) is 1. The third-order valence-corrected chi connectivity index (χ3v) is 5.82. The first-order chi connectivity index (χ1) is 13.1. The molecule has 1 saturated heterocycles. The predicted octanol–water partition coefficient (Wildman–Crippen LogP) is 3.22. The fourth-order valence-electron chi connectivity index (χ4n) is 4.36. The van der Waals surface area contributed by atoms with E-state index in [0.29, 0.717) is 13.1 Å². The molecule has 3 aliphatic heterocycles. The van der Waals surface area contributed by atoms with Gasteiger partial charge in [0.25, 0.3) is 0 Å². The van der Waals surface area contributed by atoms with Gasteiger partial charge in [0.2, 0.25) is 5.91 Å². The number of rotatable bonds is 1. The Hall–Kier alpha value is -2.73. The maximum Gasteiger partial charge on any atom is 0.219 e. The summed E-state index contributed by atoms with van der Waals surface area (Å²) in [5.41, 5.74) is 5.16. The topological polar surface area (TPSA) is 58.0 Å². The number of amides is 1. The lowest BCUT2D eigenvalue weighted by atomic mass is 9.93. The van der Waals surface area contributed by atoms with E-state index in [1.54, 1.807) is 6.92 Å². The Morgan fingerprint density at radius 3 is 2.67 bits per heavy atom. The molecule has 0 radical (unpaired) electrons. The zero-order valence-corrected chi connectivity index (χ0v) is 15.6. The number of benzene rings is 1. The van der Waals surface area contributed by atoms with Crippen LogP contribution in [0.4, 0.5) is 0 Å². The summed E-state index contributed by atoms with van der Waals surface area (Å²) in [6, 6.07) is 12.2. The lowest BCUT2D eigenvalue weighted by molar-refractivity contribution is -0.165. The SMILES string of the molecule is CC(=O)N1CCC2(CC1)Oc1ccccc1[C@H]1C=C(c3ccc(C)o3)NN12. The largest absolute Gasteiger partial charge is 0.470 e. The van der Waals surface area contributed by atoms with Crippen molar-refractivity contribution in [2.75, 3.05) is 13.1 Å². The van der Waals surface area contributed by atoms with Gasteiger partial charge in [-0.3, -0.25) is 4.79 Å². The van der Waals surface area contributed by atoms with Gasteiger partial charge in [-0.25, -0.2) is 0 Å². The number of carbonyl (C=O) groups excluding carboxylic acids is 1. The summed E-state index contributed by atoms with van der Waals surface area (Å²) in [5.74, 6) is 2.76. The van der Waals surface area contributed by atoms with E-state index in [-0.39, 0.29) is 11.9 Å². The molecule has 2 aromatic rings. The molecule has 1 amide bonds. The molecule has 3 aliphatic rings. The first kappa shape index (κ1) is 16.4. The molecular weight excluding hydrogens is 342 g/mol. The van der Waals surface area contributed by atoms with Crippen LogP contribution >= 0.6 is 0 Å². The van der Waals surface area contributed by atoms with Gasteiger partial charge in [-0.15, -0.1) is 0 Å². The second kappa shape index (κ2) is 5.89. The van der Waals surface area contributed by atoms with Crippen LogP contribution in [0.25, 0.3) is 5.70 Å². The maximum atomic E-state index is 11.8. The van der Waals surface area contributed by atoms with Crippen LogP contribution in [0.15, 0.2) is 46.9 Å². The van der Waals surface area contributed by atoms with E-state index < -0.39 is 5.72 Å². The molecule has 4 heterocycles. The van der Waals surface area contributed by atoms with Crippen molar-refractivity contribution in [3.8, 4) is 5.75 Å². The van der Waals surface area contributed by atoms with Gasteiger partial charge < -0.3 is 19.5 Å². The van der Waals surface area contributed by atoms with Crippen molar-refractivity contribution in [3.05, 3.63) is 59.6 Å². The molecule has 1 aromatic heterocycles. The molecule has 1 fully saturated rings. The van der Waals surface area contributed by atoms with Crippen LogP contribution in [0.2, 0.25) is 0 Å². The summed E-state index contributed by atoms with van der Waals surface area (Å²) in [7, 11) is 0. The minimum absolute atomic E-state index is 0.0687. The first-order valence-corrected chi connectivity index (χ1v) is 9.44. The van der Waals surface area contributed by atoms with Gasteiger partial charge in [0.1, 0.15) is 11.5 Å². The average molecular weight is 365 g/mol. The van der Waals surface area contributed by atoms with Crippen molar-refractivity contribution < 1.29 is 13.9 Å². The van der Waals surface area contributed by atoms with Crippen LogP contribution in [-0.4, -0.2) is 34.6 Å². The Morgan fingerprint density at radius 1 is 1.19 bits per heavy atom. The fraction of sp³-hybridized carbons (Fsp3) is 0.381. The van der Waals surface area contributed by atoms with Gasteiger partial charge in [0.15, 0.2) is 11.5 Å². The van der Waals surface area contributed by atoms with E-state index in [1.807, 2.05) is 42.2 Å². The Balaban J connectivity index is 1.53. The number of fused-ring (bicyclic) bond motifs is 4. The minimum atomic E-state index is -0.481. The van der Waals surface area contributed by atoms with Gasteiger partial charge in [-0.1, -0.05) is 18.2 Å². The van der Waals surface area contributed by atoms with Crippen LogP contribution in [0.3, 0.4) is 0 Å². The number of hydrogen-bond acceptors (Lipinski definition) is 5. The number of piperidine rings is 1. The summed E-state index contributed by atoms with van der Waals surface area (Å²) in [5, 5.41) is 2.21. The van der Waals surface area contributed by atoms with Crippen LogP contribution < -0.4 is 10.2 Å². The smallest absolute Gasteiger partial charge is 0.219 e. The molecule has 0 aliphatic carbocycles. The predicted molar refractivity (Wildman–Crippen MR) is 100 cm³/mol. The van der Waals surface area contributed by atoms with Crippen LogP contribution in [0, 0.1) is 6.92 Å². The molecule has 1 aromatic carbocycles. The number of nitrogens with one attached hydrogen (secondary N) is 1. The number of para-hydroxylation sites is 1. The average Bonchev–Trinajstić information content (AvgIpc) is 3.29. The normalized spacial score (nSPS) is 23.3. The zero-order chi connectivity index (χ0) is 18.6. The molecule has 1 N–H and O–H groups in total. The van der Waals surface area contributed by atoms with E-state index in [4.69, 9.17) is 9.15 Å². The highest BCUT2D eigenvalue weighted by Gasteiger charge is 2.51. The second-order valence-electron chi connectivity index (χ2n) is 7.51. The molecule has 0 saturated carbocycles. The number of nitrogens with zero attached hydrogens (tertiary/aromatic N) is 2. The van der Waals surface area contributed by atoms with Gasteiger partial charge in [0, 0.05) is 38.4 Å². The van der Waals surface area contributed by atoms with Crippen molar-refractivity contribution >= 4 is 11.6 Å². The highest BCUT2D eigenvalue weighted by molar-refractivity contribution is 5.73. The molecule has 5 rings (SSSR count). The summed E-state index contributed by atoms with van der Waals surface area (Å²) >= 11 is 0. The second-order valence-corrected chi connectivity index (χ2v) is 7.51. The van der Waals surface area contributed by atoms with Crippen molar-refractivity contribution in [2.45, 2.75) is 38.5 Å². The molecule has 6 nitrogen and oxygen atoms in total. The van der Waals surface area contributed by atoms with Crippen LogP contribution in [0.1, 0.15) is 42.9 Å². The molecular formula is C21H23N3O3. The minimum Gasteiger partial charge on any atom is -0.470 e. The Kier molecular flexibility index (Phi) is 3.59. The molecule has 0 unspecified atom stereocenters. The van der Waals surface area contributed by atoms with Crippen molar-refractivity contribution in [1.29, 1.82) is 0 Å². The number of furan rings is 1. The number of carbonyl (C=O) groups is 1. The van der Waals surface area contributed by atoms with Crippen molar-refractivity contribution in [1.82, 2.24) is 15.3 Å². The molecule has 1 atom stereocenters. The van der Waals surface area contributed by atoms with Crippen molar-refractivity contribution in [2.24, 2.45) is 0 Å². The Labute approximate surface area is 158 Å². The summed E-state index contributed by atoms with van der Waals surface area (Å²) in [6.45, 7) is 4.96. The molecule has 140 valence electrons. The lowest BCUT2D eigenvalue weighted by Gasteiger charge is -2.51. The molecule has 27 heavy (non-hydrogen) atoms. The maximum absolute atomic E-state index is 11.8. The Bertz CT molecular complexity index is 924. The quantitative estimate of drug-likeness (QED) is 0.841. The van der Waals surface area contributed by atoms with E-state index in [2.05, 4.69) is 22.6 Å². The van der Waals surface area contributed by atoms with E-state index in [0.717, 1.165) is 41.4 Å². The van der Waals surface area contributed by atoms with Crippen LogP contribution in [0.5, 0.6) is 5.75 Å². The Morgan fingerprint density at radius 2 is 1.96 bits per heavy atom. The monoisotopic (exact) mass is 365 g/mol. The number of aryl methyl sites for hydroxylation is 1. The van der Waals surface area contributed by atoms with Gasteiger partial charge in [-0.2, -0.15) is 5.01 Å². The molecule has 0 bridgehead atoms. The van der Waals surface area contributed by atoms with E-state index in [1.165, 1.54) is 0 Å². The fourth-order valence-corrected chi connectivity index (χ4v) is 4.36. The van der Waals surface area contributed by atoms with Crippen LogP contribution in [-0.2, 0) is 4.79 Å². The molecule has 6 heteroatoms. The first-order valence-electron chi connectivity index (χ1n) is 9.44. The lowest BCUT2D eigenvalue weighted by Crippen LogP contribution is -2.63. The number of hydrazine groups is 1. The summed E-state index contributed by atoms with van der Waals surface area (Å²) in [6.07, 6.45) is 3.71. The summed E-state index contributed by atoms with van der Waals surface area (Å²) < 4.78 is 12.4. The summed E-state index contributed by atoms with van der Waals surface area (Å²) in [4.78, 5) is 13.7. The van der Waals surface area contributed by atoms with Gasteiger partial charge in [-0.05, 0) is 31.2 Å². The number of ether oxygens (including phenoxy) is 1. The van der Waals surface area contributed by atoms with Gasteiger partial charge in [0.05, 0.1) is 11.7 Å². The highest BCUT2D eigenvalue weighted by Crippen LogP contribution is 2.48. The highest BCUT2D eigenvalue weighted by atomic mass is 16.5. The van der Waals surface area contributed by atoms with Crippen molar-refractivity contribution in [3.63, 3.8) is 0 Å². The molecule has 1 spiro atoms. The third-order valence-electron chi connectivity index (χ3n) is 5.82. The van der Waals surface area contributed by atoms with E-state index >= 15 is 0 Å².